The molecular formula is C32H17NOS. The summed E-state index contributed by atoms with van der Waals surface area (Å²) >= 11 is 1.89. The van der Waals surface area contributed by atoms with Crippen LogP contribution in [-0.2, 0) is 0 Å². The quantitative estimate of drug-likeness (QED) is 0.205. The second-order valence-electron chi connectivity index (χ2n) is 9.33. The summed E-state index contributed by atoms with van der Waals surface area (Å²) < 4.78 is 11.4. The predicted octanol–water partition coefficient (Wildman–Crippen LogP) is 9.67. The summed E-state index contributed by atoms with van der Waals surface area (Å²) in [5.41, 5.74) is 4.38. The molecule has 0 fully saturated rings. The topological polar surface area (TPSA) is 17.6 Å². The Balaban J connectivity index is 1.71. The second-order valence-corrected chi connectivity index (χ2v) is 10.4. The molecule has 0 spiro atoms. The minimum Gasteiger partial charge on any atom is -0.456 e. The van der Waals surface area contributed by atoms with Gasteiger partial charge in [0.15, 0.2) is 0 Å². The molecule has 5 aromatic carbocycles. The summed E-state index contributed by atoms with van der Waals surface area (Å²) in [6.45, 7) is 0. The number of hydrogen-bond donors (Lipinski definition) is 0. The highest BCUT2D eigenvalue weighted by Crippen LogP contribution is 2.46. The highest BCUT2D eigenvalue weighted by Gasteiger charge is 2.20. The Morgan fingerprint density at radius 2 is 1.31 bits per heavy atom. The van der Waals surface area contributed by atoms with Crippen LogP contribution in [0, 0.1) is 0 Å². The maximum Gasteiger partial charge on any atom is 0.136 e. The van der Waals surface area contributed by atoms with Crippen LogP contribution in [0.15, 0.2) is 108 Å². The first kappa shape index (κ1) is 18.0. The SMILES string of the molecule is c1ccc2c(c1)cn1c3ccc4c5ccccc5sc4c3c3c(ccc4oc5ccccc5c43)c21. The number of thiophene rings is 1. The molecule has 0 aliphatic heterocycles. The molecular weight excluding hydrogens is 446 g/mol. The van der Waals surface area contributed by atoms with Gasteiger partial charge >= 0.3 is 0 Å². The zero-order chi connectivity index (χ0) is 22.7. The van der Waals surface area contributed by atoms with Gasteiger partial charge in [0.05, 0.1) is 11.0 Å². The van der Waals surface area contributed by atoms with E-state index in [0.717, 1.165) is 11.2 Å². The Kier molecular flexibility index (Phi) is 3.20. The molecule has 0 aliphatic rings. The number of nitrogens with zero attached hydrogens (tertiary/aromatic N) is 1. The number of pyridine rings is 1. The van der Waals surface area contributed by atoms with Gasteiger partial charge < -0.3 is 8.82 Å². The molecule has 9 aromatic rings. The van der Waals surface area contributed by atoms with Crippen molar-refractivity contribution in [3.63, 3.8) is 0 Å². The van der Waals surface area contributed by atoms with E-state index in [4.69, 9.17) is 4.42 Å². The maximum absolute atomic E-state index is 6.36. The molecule has 0 N–H and O–H groups in total. The van der Waals surface area contributed by atoms with E-state index in [0.29, 0.717) is 0 Å². The third kappa shape index (κ3) is 2.15. The third-order valence-electron chi connectivity index (χ3n) is 7.56. The molecule has 162 valence electrons. The molecule has 0 radical (unpaired) electrons. The van der Waals surface area contributed by atoms with E-state index in [1.807, 2.05) is 17.4 Å². The van der Waals surface area contributed by atoms with E-state index in [2.05, 4.69) is 102 Å². The predicted molar refractivity (Wildman–Crippen MR) is 150 cm³/mol. The molecule has 2 nitrogen and oxygen atoms in total. The molecule has 0 bridgehead atoms. The molecule has 35 heavy (non-hydrogen) atoms. The zero-order valence-corrected chi connectivity index (χ0v) is 19.4. The first-order valence-electron chi connectivity index (χ1n) is 11.9. The average molecular weight is 464 g/mol. The molecule has 0 atom stereocenters. The lowest BCUT2D eigenvalue weighted by Gasteiger charge is -2.12. The van der Waals surface area contributed by atoms with Crippen molar-refractivity contribution in [2.75, 3.05) is 0 Å². The van der Waals surface area contributed by atoms with Gasteiger partial charge in [0.2, 0.25) is 0 Å². The standard InChI is InChI=1S/C32H17NOS/c1-2-8-19-18(7-1)17-33-24-15-13-21-20-9-4-6-12-27(20)35-32(21)30(24)29-23(31(19)33)14-16-26-28(29)22-10-3-5-11-25(22)34-26/h1-17H. The highest BCUT2D eigenvalue weighted by molar-refractivity contribution is 7.26. The van der Waals surface area contributed by atoms with Crippen LogP contribution in [0.3, 0.4) is 0 Å². The van der Waals surface area contributed by atoms with Crippen LogP contribution in [0.1, 0.15) is 0 Å². The Morgan fingerprint density at radius 1 is 0.543 bits per heavy atom. The zero-order valence-electron chi connectivity index (χ0n) is 18.6. The van der Waals surface area contributed by atoms with Crippen molar-refractivity contribution in [1.82, 2.24) is 4.40 Å². The van der Waals surface area contributed by atoms with Crippen molar-refractivity contribution in [3.8, 4) is 0 Å². The summed E-state index contributed by atoms with van der Waals surface area (Å²) in [6.07, 6.45) is 2.29. The maximum atomic E-state index is 6.36. The fraction of sp³-hybridized carbons (Fsp3) is 0. The number of rotatable bonds is 0. The largest absolute Gasteiger partial charge is 0.456 e. The Bertz CT molecular complexity index is 2320. The highest BCUT2D eigenvalue weighted by atomic mass is 32.1. The van der Waals surface area contributed by atoms with Crippen LogP contribution in [0.4, 0.5) is 0 Å². The summed E-state index contributed by atoms with van der Waals surface area (Å²) in [4.78, 5) is 0. The molecule has 0 saturated heterocycles. The van der Waals surface area contributed by atoms with Gasteiger partial charge in [-0.25, -0.2) is 0 Å². The van der Waals surface area contributed by atoms with E-state index in [9.17, 15) is 0 Å². The third-order valence-corrected chi connectivity index (χ3v) is 8.76. The van der Waals surface area contributed by atoms with Crippen LogP contribution in [0.2, 0.25) is 0 Å². The summed E-state index contributed by atoms with van der Waals surface area (Å²) in [5.74, 6) is 0. The van der Waals surface area contributed by atoms with Crippen molar-refractivity contribution in [2.45, 2.75) is 0 Å². The molecule has 4 heterocycles. The molecule has 0 unspecified atom stereocenters. The van der Waals surface area contributed by atoms with Gasteiger partial charge in [-0.3, -0.25) is 0 Å². The first-order chi connectivity index (χ1) is 17.4. The van der Waals surface area contributed by atoms with Crippen LogP contribution in [-0.4, -0.2) is 4.40 Å². The van der Waals surface area contributed by atoms with Crippen molar-refractivity contribution in [3.05, 3.63) is 103 Å². The molecule has 0 amide bonds. The fourth-order valence-corrected chi connectivity index (χ4v) is 7.37. The van der Waals surface area contributed by atoms with Crippen LogP contribution < -0.4 is 0 Å². The van der Waals surface area contributed by atoms with Crippen molar-refractivity contribution in [2.24, 2.45) is 0 Å². The monoisotopic (exact) mass is 463 g/mol. The molecule has 0 aliphatic carbocycles. The minimum absolute atomic E-state index is 0.937. The van der Waals surface area contributed by atoms with Gasteiger partial charge in [0.1, 0.15) is 11.2 Å². The Hall–Kier alpha value is -4.34. The van der Waals surface area contributed by atoms with Gasteiger partial charge in [-0.15, -0.1) is 11.3 Å². The molecule has 3 heteroatoms. The summed E-state index contributed by atoms with van der Waals surface area (Å²) in [7, 11) is 0. The van der Waals surface area contributed by atoms with E-state index >= 15 is 0 Å². The normalized spacial score (nSPS) is 12.6. The number of furan rings is 1. The van der Waals surface area contributed by atoms with Crippen molar-refractivity contribution >= 4 is 91.4 Å². The number of hydrogen-bond acceptors (Lipinski definition) is 2. The van der Waals surface area contributed by atoms with Crippen LogP contribution in [0.25, 0.3) is 80.1 Å². The van der Waals surface area contributed by atoms with Gasteiger partial charge in [-0.2, -0.15) is 0 Å². The first-order valence-corrected chi connectivity index (χ1v) is 12.7. The summed E-state index contributed by atoms with van der Waals surface area (Å²) in [5, 5.41) is 11.4. The van der Waals surface area contributed by atoms with E-state index in [-0.39, 0.29) is 0 Å². The number of benzene rings is 5. The lowest BCUT2D eigenvalue weighted by molar-refractivity contribution is 0.669. The number of para-hydroxylation sites is 1. The Labute approximate surface area is 203 Å². The van der Waals surface area contributed by atoms with E-state index < -0.39 is 0 Å². The van der Waals surface area contributed by atoms with Gasteiger partial charge in [0, 0.05) is 64.1 Å². The van der Waals surface area contributed by atoms with Crippen molar-refractivity contribution in [1.29, 1.82) is 0 Å². The van der Waals surface area contributed by atoms with Crippen LogP contribution in [0.5, 0.6) is 0 Å². The molecule has 0 saturated carbocycles. The lowest BCUT2D eigenvalue weighted by atomic mass is 9.97. The molecule has 4 aromatic heterocycles. The van der Waals surface area contributed by atoms with Gasteiger partial charge in [0.25, 0.3) is 0 Å². The minimum atomic E-state index is 0.937. The Morgan fingerprint density at radius 3 is 2.26 bits per heavy atom. The fourth-order valence-electron chi connectivity index (χ4n) is 6.12. The van der Waals surface area contributed by atoms with E-state index in [1.165, 1.54) is 68.9 Å². The summed E-state index contributed by atoms with van der Waals surface area (Å²) in [6, 6.07) is 34.9. The number of aromatic nitrogens is 1. The van der Waals surface area contributed by atoms with Crippen molar-refractivity contribution < 1.29 is 4.42 Å². The smallest absolute Gasteiger partial charge is 0.136 e. The van der Waals surface area contributed by atoms with Crippen LogP contribution >= 0.6 is 11.3 Å². The van der Waals surface area contributed by atoms with Gasteiger partial charge in [-0.1, -0.05) is 66.7 Å². The second kappa shape index (κ2) is 6.21. The lowest BCUT2D eigenvalue weighted by Crippen LogP contribution is -1.90. The van der Waals surface area contributed by atoms with E-state index in [1.54, 1.807) is 0 Å². The number of fused-ring (bicyclic) bond motifs is 16. The van der Waals surface area contributed by atoms with Gasteiger partial charge in [-0.05, 0) is 30.3 Å². The average Bonchev–Trinajstić information content (AvgIpc) is 3.59. The molecule has 9 rings (SSSR count).